The fourth-order valence-corrected chi connectivity index (χ4v) is 4.69. The van der Waals surface area contributed by atoms with E-state index in [2.05, 4.69) is 26.9 Å². The number of hydrogen-bond donors (Lipinski definition) is 1. The normalized spacial score (nSPS) is 14.0. The molecule has 1 fully saturated rings. The molecular formula is C24H29BrN2O6. The van der Waals surface area contributed by atoms with Crippen LogP contribution in [0.25, 0.3) is 0 Å². The number of nitrogens with zero attached hydrogens (tertiary/aromatic N) is 2. The lowest BCUT2D eigenvalue weighted by Crippen LogP contribution is -2.36. The van der Waals surface area contributed by atoms with Gasteiger partial charge in [-0.1, -0.05) is 12.1 Å². The van der Waals surface area contributed by atoms with Crippen LogP contribution in [0.4, 0.5) is 5.69 Å². The number of aliphatic carboxylic acids is 1. The van der Waals surface area contributed by atoms with Crippen molar-refractivity contribution >= 4 is 33.5 Å². The number of benzene rings is 2. The van der Waals surface area contributed by atoms with Gasteiger partial charge in [-0.2, -0.15) is 0 Å². The predicted molar refractivity (Wildman–Crippen MR) is 129 cm³/mol. The van der Waals surface area contributed by atoms with E-state index in [0.717, 1.165) is 11.3 Å². The molecule has 0 radical (unpaired) electrons. The lowest BCUT2D eigenvalue weighted by atomic mass is 9.96. The van der Waals surface area contributed by atoms with Crippen molar-refractivity contribution in [3.8, 4) is 17.2 Å². The second kappa shape index (κ2) is 10.8. The van der Waals surface area contributed by atoms with Crippen LogP contribution in [0.15, 0.2) is 34.8 Å². The summed E-state index contributed by atoms with van der Waals surface area (Å²) in [5, 5.41) is 9.22. The Morgan fingerprint density at radius 3 is 2.33 bits per heavy atom. The standard InChI is InChI=1S/C24H29BrN2O6/c1-26(23(28)18-13-19(31-2)21(32-3)22(33-4)20(18)25)14-15-6-5-7-17(12-15)27-10-8-16(9-11-27)24(29)30/h5-7,12-13,16H,8-11,14H2,1-4H3,(H,29,30). The van der Waals surface area contributed by atoms with Crippen molar-refractivity contribution in [2.24, 2.45) is 5.92 Å². The fraction of sp³-hybridized carbons (Fsp3) is 0.417. The third-order valence-electron chi connectivity index (χ3n) is 5.89. The summed E-state index contributed by atoms with van der Waals surface area (Å²) in [5.74, 6) is 0.00674. The van der Waals surface area contributed by atoms with Gasteiger partial charge in [0.15, 0.2) is 11.5 Å². The van der Waals surface area contributed by atoms with Crippen LogP contribution in [0, 0.1) is 5.92 Å². The Balaban J connectivity index is 1.77. The molecule has 1 aliphatic rings. The number of carbonyl (C=O) groups excluding carboxylic acids is 1. The Hall–Kier alpha value is -2.94. The highest BCUT2D eigenvalue weighted by atomic mass is 79.9. The van der Waals surface area contributed by atoms with Gasteiger partial charge >= 0.3 is 5.97 Å². The molecule has 1 aliphatic heterocycles. The molecule has 33 heavy (non-hydrogen) atoms. The van der Waals surface area contributed by atoms with Gasteiger partial charge in [0.25, 0.3) is 5.91 Å². The summed E-state index contributed by atoms with van der Waals surface area (Å²) in [6.07, 6.45) is 1.26. The van der Waals surface area contributed by atoms with Gasteiger partial charge in [0.1, 0.15) is 0 Å². The first kappa shape index (κ1) is 24.7. The largest absolute Gasteiger partial charge is 0.493 e. The molecule has 8 nitrogen and oxygen atoms in total. The molecule has 2 aromatic carbocycles. The summed E-state index contributed by atoms with van der Waals surface area (Å²) in [5.41, 5.74) is 2.41. The number of carboxylic acids is 1. The molecule has 1 N–H and O–H groups in total. The number of carboxylic acid groups (broad SMARTS) is 1. The number of rotatable bonds is 8. The number of ether oxygens (including phenoxy) is 3. The number of halogens is 1. The van der Waals surface area contributed by atoms with E-state index in [1.54, 1.807) is 18.0 Å². The van der Waals surface area contributed by atoms with Crippen molar-refractivity contribution in [2.75, 3.05) is 46.4 Å². The molecule has 0 aliphatic carbocycles. The maximum atomic E-state index is 13.3. The highest BCUT2D eigenvalue weighted by molar-refractivity contribution is 9.10. The smallest absolute Gasteiger partial charge is 0.306 e. The Morgan fingerprint density at radius 1 is 1.09 bits per heavy atom. The van der Waals surface area contributed by atoms with Gasteiger partial charge in [-0.3, -0.25) is 9.59 Å². The van der Waals surface area contributed by atoms with E-state index >= 15 is 0 Å². The zero-order valence-corrected chi connectivity index (χ0v) is 20.8. The highest BCUT2D eigenvalue weighted by Gasteiger charge is 2.26. The summed E-state index contributed by atoms with van der Waals surface area (Å²) in [6, 6.07) is 9.63. The Kier molecular flexibility index (Phi) is 8.07. The molecule has 0 saturated carbocycles. The van der Waals surface area contributed by atoms with E-state index in [0.29, 0.717) is 59.8 Å². The second-order valence-electron chi connectivity index (χ2n) is 7.94. The molecule has 0 spiro atoms. The first-order valence-corrected chi connectivity index (χ1v) is 11.4. The summed E-state index contributed by atoms with van der Waals surface area (Å²) >= 11 is 3.47. The molecule has 1 heterocycles. The van der Waals surface area contributed by atoms with Gasteiger partial charge in [-0.25, -0.2) is 0 Å². The monoisotopic (exact) mass is 520 g/mol. The Morgan fingerprint density at radius 2 is 1.76 bits per heavy atom. The summed E-state index contributed by atoms with van der Waals surface area (Å²) in [6.45, 7) is 1.81. The van der Waals surface area contributed by atoms with Crippen molar-refractivity contribution in [1.82, 2.24) is 4.90 Å². The van der Waals surface area contributed by atoms with Gasteiger partial charge in [-0.05, 0) is 52.5 Å². The SMILES string of the molecule is COc1cc(C(=O)N(C)Cc2cccc(N3CCC(C(=O)O)CC3)c2)c(Br)c(OC)c1OC. The average molecular weight is 521 g/mol. The minimum absolute atomic E-state index is 0.200. The fourth-order valence-electron chi connectivity index (χ4n) is 4.06. The third-order valence-corrected chi connectivity index (χ3v) is 6.67. The quantitative estimate of drug-likeness (QED) is 0.561. The molecular weight excluding hydrogens is 492 g/mol. The second-order valence-corrected chi connectivity index (χ2v) is 8.73. The molecule has 1 amide bonds. The zero-order valence-electron chi connectivity index (χ0n) is 19.3. The number of piperidine rings is 1. The minimum Gasteiger partial charge on any atom is -0.493 e. The van der Waals surface area contributed by atoms with Crippen molar-refractivity contribution in [1.29, 1.82) is 0 Å². The van der Waals surface area contributed by atoms with Crippen molar-refractivity contribution in [3.63, 3.8) is 0 Å². The number of carbonyl (C=O) groups is 2. The first-order chi connectivity index (χ1) is 15.8. The third kappa shape index (κ3) is 5.35. The maximum Gasteiger partial charge on any atom is 0.306 e. The molecule has 2 aromatic rings. The van der Waals surface area contributed by atoms with Crippen LogP contribution in [-0.2, 0) is 11.3 Å². The van der Waals surface area contributed by atoms with E-state index in [-0.39, 0.29) is 11.8 Å². The van der Waals surface area contributed by atoms with Gasteiger partial charge in [0, 0.05) is 32.4 Å². The lowest BCUT2D eigenvalue weighted by Gasteiger charge is -2.32. The molecule has 178 valence electrons. The predicted octanol–water partition coefficient (Wildman–Crippen LogP) is 4.05. The molecule has 0 bridgehead atoms. The number of hydrogen-bond acceptors (Lipinski definition) is 6. The minimum atomic E-state index is -0.721. The van der Waals surface area contributed by atoms with Crippen molar-refractivity contribution in [3.05, 3.63) is 45.9 Å². The van der Waals surface area contributed by atoms with Gasteiger partial charge < -0.3 is 29.1 Å². The first-order valence-electron chi connectivity index (χ1n) is 10.6. The van der Waals surface area contributed by atoms with E-state index in [1.165, 1.54) is 21.3 Å². The topological polar surface area (TPSA) is 88.5 Å². The zero-order chi connectivity index (χ0) is 24.1. The van der Waals surface area contributed by atoms with Crippen LogP contribution in [0.5, 0.6) is 17.2 Å². The lowest BCUT2D eigenvalue weighted by molar-refractivity contribution is -0.142. The maximum absolute atomic E-state index is 13.3. The van der Waals surface area contributed by atoms with E-state index in [9.17, 15) is 14.7 Å². The van der Waals surface area contributed by atoms with Crippen LogP contribution >= 0.6 is 15.9 Å². The molecule has 3 rings (SSSR count). The summed E-state index contributed by atoms with van der Waals surface area (Å²) in [7, 11) is 6.26. The summed E-state index contributed by atoms with van der Waals surface area (Å²) < 4.78 is 16.7. The van der Waals surface area contributed by atoms with Crippen LogP contribution < -0.4 is 19.1 Å². The van der Waals surface area contributed by atoms with Crippen molar-refractivity contribution in [2.45, 2.75) is 19.4 Å². The van der Waals surface area contributed by atoms with Gasteiger partial charge in [0.05, 0.1) is 37.3 Å². The number of methoxy groups -OCH3 is 3. The number of anilines is 1. The average Bonchev–Trinajstić information content (AvgIpc) is 2.83. The molecule has 0 unspecified atom stereocenters. The van der Waals surface area contributed by atoms with E-state index in [4.69, 9.17) is 14.2 Å². The van der Waals surface area contributed by atoms with Crippen LogP contribution in [-0.4, -0.2) is 63.3 Å². The van der Waals surface area contributed by atoms with Crippen LogP contribution in [0.3, 0.4) is 0 Å². The molecule has 0 atom stereocenters. The van der Waals surface area contributed by atoms with Gasteiger partial charge in [0.2, 0.25) is 5.75 Å². The van der Waals surface area contributed by atoms with Crippen LogP contribution in [0.2, 0.25) is 0 Å². The van der Waals surface area contributed by atoms with Crippen LogP contribution in [0.1, 0.15) is 28.8 Å². The molecule has 1 saturated heterocycles. The Bertz CT molecular complexity index is 1020. The van der Waals surface area contributed by atoms with E-state index < -0.39 is 5.97 Å². The molecule has 0 aromatic heterocycles. The van der Waals surface area contributed by atoms with Gasteiger partial charge in [-0.15, -0.1) is 0 Å². The number of amides is 1. The summed E-state index contributed by atoms with van der Waals surface area (Å²) in [4.78, 5) is 28.3. The highest BCUT2D eigenvalue weighted by Crippen LogP contribution is 2.45. The van der Waals surface area contributed by atoms with Crippen molar-refractivity contribution < 1.29 is 28.9 Å². The Labute approximate surface area is 202 Å². The van der Waals surface area contributed by atoms with E-state index in [1.807, 2.05) is 18.2 Å². The molecule has 9 heteroatoms.